The van der Waals surface area contributed by atoms with E-state index in [4.69, 9.17) is 0 Å². The average molecular weight is 395 g/mol. The number of carbonyl (C=O) groups excluding carboxylic acids is 1. The van der Waals surface area contributed by atoms with Crippen LogP contribution < -0.4 is 5.32 Å². The van der Waals surface area contributed by atoms with Crippen molar-refractivity contribution in [3.63, 3.8) is 0 Å². The van der Waals surface area contributed by atoms with Gasteiger partial charge in [0, 0.05) is 43.8 Å². The smallest absolute Gasteiger partial charge is 0.348 e. The van der Waals surface area contributed by atoms with E-state index in [1.54, 1.807) is 11.2 Å². The van der Waals surface area contributed by atoms with Gasteiger partial charge in [-0.05, 0) is 50.1 Å². The van der Waals surface area contributed by atoms with E-state index in [0.717, 1.165) is 56.7 Å². The van der Waals surface area contributed by atoms with Crippen LogP contribution in [-0.2, 0) is 12.6 Å². The molecule has 1 aromatic heterocycles. The van der Waals surface area contributed by atoms with Crippen molar-refractivity contribution in [3.05, 3.63) is 48.0 Å². The summed E-state index contributed by atoms with van der Waals surface area (Å²) in [6.07, 6.45) is 2.29. The van der Waals surface area contributed by atoms with Gasteiger partial charge in [0.1, 0.15) is 0 Å². The van der Waals surface area contributed by atoms with Gasteiger partial charge < -0.3 is 15.2 Å². The van der Waals surface area contributed by atoms with Gasteiger partial charge in [-0.3, -0.25) is 4.90 Å². The maximum absolute atomic E-state index is 12.6. The lowest BCUT2D eigenvalue weighted by atomic mass is 10.2. The number of carbonyl (C=O) groups is 1. The minimum absolute atomic E-state index is 0.279. The fourth-order valence-corrected chi connectivity index (χ4v) is 3.19. The Morgan fingerprint density at radius 2 is 1.82 bits per heavy atom. The molecule has 1 saturated heterocycles. The molecule has 2 N–H and O–H groups in total. The maximum Gasteiger partial charge on any atom is 0.416 e. The fourth-order valence-electron chi connectivity index (χ4n) is 3.19. The monoisotopic (exact) mass is 395 g/mol. The van der Waals surface area contributed by atoms with Crippen molar-refractivity contribution in [1.82, 2.24) is 19.8 Å². The Balaban J connectivity index is 1.36. The summed E-state index contributed by atoms with van der Waals surface area (Å²) < 4.78 is 37.8. The molecule has 6 nitrogen and oxygen atoms in total. The molecule has 0 atom stereocenters. The highest BCUT2D eigenvalue weighted by atomic mass is 19.4. The van der Waals surface area contributed by atoms with Crippen molar-refractivity contribution in [2.75, 3.05) is 38.0 Å². The van der Waals surface area contributed by atoms with Crippen molar-refractivity contribution in [2.45, 2.75) is 25.4 Å². The lowest BCUT2D eigenvalue weighted by Crippen LogP contribution is -2.50. The third kappa shape index (κ3) is 5.72. The van der Waals surface area contributed by atoms with Crippen LogP contribution in [0.5, 0.6) is 0 Å². The SMILES string of the molecule is O=C(Nc1ccc(C(F)(F)F)cc1)N1CCN(CCCCc2cnc[nH]2)CC1. The van der Waals surface area contributed by atoms with Crippen molar-refractivity contribution < 1.29 is 18.0 Å². The predicted octanol–water partition coefficient (Wildman–Crippen LogP) is 3.60. The Morgan fingerprint density at radius 3 is 2.43 bits per heavy atom. The molecule has 0 radical (unpaired) electrons. The topological polar surface area (TPSA) is 64.3 Å². The standard InChI is InChI=1S/C19H24F3N5O/c20-19(21,22)15-4-6-16(7-5-15)25-18(28)27-11-9-26(10-12-27)8-2-1-3-17-13-23-14-24-17/h4-7,13-14H,1-3,8-12H2,(H,23,24)(H,25,28). The number of hydrogen-bond donors (Lipinski definition) is 2. The van der Waals surface area contributed by atoms with Crippen LogP contribution in [0.15, 0.2) is 36.8 Å². The highest BCUT2D eigenvalue weighted by molar-refractivity contribution is 5.89. The summed E-state index contributed by atoms with van der Waals surface area (Å²) in [5, 5.41) is 2.66. The fraction of sp³-hybridized carbons (Fsp3) is 0.474. The largest absolute Gasteiger partial charge is 0.416 e. The second-order valence-electron chi connectivity index (χ2n) is 6.87. The molecule has 1 fully saturated rings. The van der Waals surface area contributed by atoms with E-state index in [1.807, 2.05) is 6.20 Å². The number of aryl methyl sites for hydroxylation is 1. The molecule has 0 unspecified atom stereocenters. The number of piperazine rings is 1. The third-order valence-electron chi connectivity index (χ3n) is 4.85. The van der Waals surface area contributed by atoms with Crippen LogP contribution >= 0.6 is 0 Å². The lowest BCUT2D eigenvalue weighted by molar-refractivity contribution is -0.137. The molecule has 0 spiro atoms. The van der Waals surface area contributed by atoms with E-state index in [1.165, 1.54) is 12.1 Å². The second-order valence-corrected chi connectivity index (χ2v) is 6.87. The highest BCUT2D eigenvalue weighted by Gasteiger charge is 2.30. The Hall–Kier alpha value is -2.55. The van der Waals surface area contributed by atoms with Gasteiger partial charge in [-0.1, -0.05) is 0 Å². The molecule has 2 heterocycles. The summed E-state index contributed by atoms with van der Waals surface area (Å²) in [4.78, 5) is 23.4. The van der Waals surface area contributed by atoms with Gasteiger partial charge >= 0.3 is 12.2 Å². The van der Waals surface area contributed by atoms with E-state index in [0.29, 0.717) is 18.8 Å². The first kappa shape index (κ1) is 20.2. The predicted molar refractivity (Wildman–Crippen MR) is 100 cm³/mol. The molecule has 2 aromatic rings. The Kier molecular flexibility index (Phi) is 6.56. The zero-order valence-electron chi connectivity index (χ0n) is 15.5. The molecule has 1 aliphatic rings. The number of H-pyrrole nitrogens is 1. The molecule has 152 valence electrons. The van der Waals surface area contributed by atoms with E-state index in [9.17, 15) is 18.0 Å². The number of rotatable bonds is 6. The molecule has 28 heavy (non-hydrogen) atoms. The summed E-state index contributed by atoms with van der Waals surface area (Å²) >= 11 is 0. The van der Waals surface area contributed by atoms with Crippen LogP contribution in [0, 0.1) is 0 Å². The average Bonchev–Trinajstić information content (AvgIpc) is 3.19. The summed E-state index contributed by atoms with van der Waals surface area (Å²) in [5.74, 6) is 0. The van der Waals surface area contributed by atoms with Gasteiger partial charge in [-0.25, -0.2) is 9.78 Å². The Morgan fingerprint density at radius 1 is 1.11 bits per heavy atom. The molecule has 1 aliphatic heterocycles. The summed E-state index contributed by atoms with van der Waals surface area (Å²) in [6, 6.07) is 4.21. The number of nitrogens with one attached hydrogen (secondary N) is 2. The first-order chi connectivity index (χ1) is 13.4. The van der Waals surface area contributed by atoms with Gasteiger partial charge in [0.05, 0.1) is 11.9 Å². The zero-order valence-corrected chi connectivity index (χ0v) is 15.5. The quantitative estimate of drug-likeness (QED) is 0.735. The van der Waals surface area contributed by atoms with E-state index < -0.39 is 11.7 Å². The van der Waals surface area contributed by atoms with Gasteiger partial charge in [0.15, 0.2) is 0 Å². The summed E-state index contributed by atoms with van der Waals surface area (Å²) in [7, 11) is 0. The number of halogens is 3. The molecule has 1 aromatic carbocycles. The number of nitrogens with zero attached hydrogens (tertiary/aromatic N) is 3. The van der Waals surface area contributed by atoms with E-state index in [-0.39, 0.29) is 6.03 Å². The molecular formula is C19H24F3N5O. The first-order valence-electron chi connectivity index (χ1n) is 9.34. The molecule has 0 saturated carbocycles. The van der Waals surface area contributed by atoms with Gasteiger partial charge in [0.2, 0.25) is 0 Å². The molecular weight excluding hydrogens is 371 g/mol. The minimum atomic E-state index is -4.38. The van der Waals surface area contributed by atoms with E-state index in [2.05, 4.69) is 20.2 Å². The Bertz CT molecular complexity index is 738. The van der Waals surface area contributed by atoms with Crippen molar-refractivity contribution in [1.29, 1.82) is 0 Å². The van der Waals surface area contributed by atoms with Gasteiger partial charge in [-0.15, -0.1) is 0 Å². The van der Waals surface area contributed by atoms with Crippen LogP contribution in [0.4, 0.5) is 23.7 Å². The van der Waals surface area contributed by atoms with Crippen LogP contribution in [0.25, 0.3) is 0 Å². The van der Waals surface area contributed by atoms with Gasteiger partial charge in [-0.2, -0.15) is 13.2 Å². The van der Waals surface area contributed by atoms with Crippen molar-refractivity contribution in [2.24, 2.45) is 0 Å². The number of unbranched alkanes of at least 4 members (excludes halogenated alkanes) is 1. The van der Waals surface area contributed by atoms with Crippen molar-refractivity contribution in [3.8, 4) is 0 Å². The molecule has 0 bridgehead atoms. The van der Waals surface area contributed by atoms with Crippen molar-refractivity contribution >= 4 is 11.7 Å². The number of aromatic amines is 1. The summed E-state index contributed by atoms with van der Waals surface area (Å²) in [5.41, 5.74) is 0.774. The normalized spacial score (nSPS) is 15.6. The number of alkyl halides is 3. The number of hydrogen-bond acceptors (Lipinski definition) is 3. The van der Waals surface area contributed by atoms with E-state index >= 15 is 0 Å². The molecule has 0 aliphatic carbocycles. The number of aromatic nitrogens is 2. The van der Waals surface area contributed by atoms with Crippen LogP contribution in [-0.4, -0.2) is 58.5 Å². The third-order valence-corrected chi connectivity index (χ3v) is 4.85. The maximum atomic E-state index is 12.6. The number of urea groups is 1. The summed E-state index contributed by atoms with van der Waals surface area (Å²) in [6.45, 7) is 3.79. The van der Waals surface area contributed by atoms with Gasteiger partial charge in [0.25, 0.3) is 0 Å². The molecule has 2 amide bonds. The number of imidazole rings is 1. The molecule has 9 heteroatoms. The second kappa shape index (κ2) is 9.09. The number of anilines is 1. The van der Waals surface area contributed by atoms with Crippen LogP contribution in [0.2, 0.25) is 0 Å². The zero-order chi connectivity index (χ0) is 20.0. The highest BCUT2D eigenvalue weighted by Crippen LogP contribution is 2.29. The Labute approximate surface area is 161 Å². The first-order valence-corrected chi connectivity index (χ1v) is 9.34. The van der Waals surface area contributed by atoms with Crippen LogP contribution in [0.3, 0.4) is 0 Å². The number of benzene rings is 1. The van der Waals surface area contributed by atoms with Crippen LogP contribution in [0.1, 0.15) is 24.1 Å². The molecule has 3 rings (SSSR count). The number of amides is 2. The lowest BCUT2D eigenvalue weighted by Gasteiger charge is -2.34. The minimum Gasteiger partial charge on any atom is -0.348 e.